The van der Waals surface area contributed by atoms with Gasteiger partial charge in [0, 0.05) is 24.7 Å². The summed E-state index contributed by atoms with van der Waals surface area (Å²) in [6.45, 7) is 5.81. The minimum absolute atomic E-state index is 0.504. The van der Waals surface area contributed by atoms with Gasteiger partial charge in [-0.05, 0) is 42.0 Å². The van der Waals surface area contributed by atoms with E-state index >= 15 is 0 Å². The van der Waals surface area contributed by atoms with Crippen LogP contribution in [0.3, 0.4) is 0 Å². The fourth-order valence-corrected chi connectivity index (χ4v) is 2.12. The van der Waals surface area contributed by atoms with E-state index < -0.39 is 0 Å². The average Bonchev–Trinajstić information content (AvgIpc) is 2.42. The van der Waals surface area contributed by atoms with Crippen LogP contribution in [0.4, 0.5) is 4.39 Å². The van der Waals surface area contributed by atoms with Crippen LogP contribution in [0.15, 0.2) is 54.9 Å². The molecule has 0 heterocycles. The molecule has 0 atom stereocenters. The third-order valence-corrected chi connectivity index (χ3v) is 2.92. The molecule has 108 valence electrons. The molecule has 0 unspecified atom stereocenters. The van der Waals surface area contributed by atoms with Crippen molar-refractivity contribution in [1.29, 1.82) is 0 Å². The highest BCUT2D eigenvalue weighted by molar-refractivity contribution is 6.30. The highest BCUT2D eigenvalue weighted by atomic mass is 35.5. The molecule has 0 radical (unpaired) electrons. The Kier molecular flexibility index (Phi) is 7.88. The summed E-state index contributed by atoms with van der Waals surface area (Å²) in [5.41, 5.74) is 3.19. The van der Waals surface area contributed by atoms with Crippen LogP contribution in [0, 0.1) is 0 Å². The number of allylic oxidation sites excluding steroid dienone is 2. The molecule has 0 spiro atoms. The van der Waals surface area contributed by atoms with Crippen LogP contribution >= 0.6 is 11.6 Å². The number of nitrogens with one attached hydrogen (secondary N) is 2. The summed E-state index contributed by atoms with van der Waals surface area (Å²) in [5.74, 6) is 0. The predicted molar refractivity (Wildman–Crippen MR) is 84.5 cm³/mol. The van der Waals surface area contributed by atoms with E-state index in [1.54, 1.807) is 12.2 Å². The number of benzene rings is 1. The van der Waals surface area contributed by atoms with E-state index in [1.807, 2.05) is 19.2 Å². The second-order valence-electron chi connectivity index (χ2n) is 4.37. The summed E-state index contributed by atoms with van der Waals surface area (Å²) >= 11 is 6.09. The molecule has 1 rings (SSSR count). The smallest absolute Gasteiger partial charge is 0.0867 e. The molecule has 0 saturated carbocycles. The largest absolute Gasteiger partial charge is 0.316 e. The van der Waals surface area contributed by atoms with Crippen molar-refractivity contribution in [2.45, 2.75) is 13.1 Å². The van der Waals surface area contributed by atoms with E-state index in [9.17, 15) is 4.39 Å². The molecule has 20 heavy (non-hydrogen) atoms. The van der Waals surface area contributed by atoms with E-state index in [-0.39, 0.29) is 0 Å². The summed E-state index contributed by atoms with van der Waals surface area (Å²) in [5, 5.41) is 7.11. The van der Waals surface area contributed by atoms with Crippen molar-refractivity contribution in [3.05, 3.63) is 71.1 Å². The van der Waals surface area contributed by atoms with Crippen LogP contribution in [0.25, 0.3) is 0 Å². The highest BCUT2D eigenvalue weighted by Crippen LogP contribution is 2.15. The van der Waals surface area contributed by atoms with Gasteiger partial charge in [-0.15, -0.1) is 0 Å². The Bertz CT molecular complexity index is 495. The first kappa shape index (κ1) is 16.6. The van der Waals surface area contributed by atoms with Crippen molar-refractivity contribution < 1.29 is 4.39 Å². The first-order valence-corrected chi connectivity index (χ1v) is 6.79. The molecule has 0 saturated heterocycles. The van der Waals surface area contributed by atoms with Gasteiger partial charge in [-0.2, -0.15) is 0 Å². The lowest BCUT2D eigenvalue weighted by atomic mass is 10.1. The molecule has 0 aliphatic carbocycles. The lowest BCUT2D eigenvalue weighted by Gasteiger charge is -2.08. The Morgan fingerprint density at radius 2 is 2.00 bits per heavy atom. The molecule has 0 aromatic heterocycles. The Hall–Kier alpha value is -1.42. The van der Waals surface area contributed by atoms with Gasteiger partial charge in [0.1, 0.15) is 0 Å². The second kappa shape index (κ2) is 9.48. The summed E-state index contributed by atoms with van der Waals surface area (Å²) in [6.07, 6.45) is 5.25. The zero-order chi connectivity index (χ0) is 14.8. The minimum atomic E-state index is 0.504. The maximum absolute atomic E-state index is 11.9. The van der Waals surface area contributed by atoms with Gasteiger partial charge in [0.2, 0.25) is 0 Å². The number of halogens is 2. The van der Waals surface area contributed by atoms with Crippen LogP contribution < -0.4 is 10.6 Å². The lowest BCUT2D eigenvalue weighted by molar-refractivity contribution is 0.720. The van der Waals surface area contributed by atoms with Crippen molar-refractivity contribution in [3.63, 3.8) is 0 Å². The topological polar surface area (TPSA) is 24.1 Å². The summed E-state index contributed by atoms with van der Waals surface area (Å²) < 4.78 is 11.9. The molecule has 2 N–H and O–H groups in total. The van der Waals surface area contributed by atoms with Crippen LogP contribution in [0.2, 0.25) is 5.02 Å². The van der Waals surface area contributed by atoms with Crippen molar-refractivity contribution in [2.24, 2.45) is 0 Å². The molecule has 2 nitrogen and oxygen atoms in total. The van der Waals surface area contributed by atoms with Gasteiger partial charge < -0.3 is 10.6 Å². The van der Waals surface area contributed by atoms with Crippen LogP contribution in [-0.4, -0.2) is 13.6 Å². The number of rotatable bonds is 8. The van der Waals surface area contributed by atoms with Crippen LogP contribution in [-0.2, 0) is 13.1 Å². The maximum Gasteiger partial charge on any atom is 0.0867 e. The first-order valence-electron chi connectivity index (χ1n) is 6.41. The molecular formula is C16H20ClFN2. The molecule has 0 fully saturated rings. The third kappa shape index (κ3) is 6.15. The fourth-order valence-electron chi connectivity index (χ4n) is 1.84. The summed E-state index contributed by atoms with van der Waals surface area (Å²) in [4.78, 5) is 0. The average molecular weight is 295 g/mol. The zero-order valence-electron chi connectivity index (χ0n) is 11.6. The monoisotopic (exact) mass is 294 g/mol. The fraction of sp³-hybridized carbons (Fsp3) is 0.250. The Labute approximate surface area is 125 Å². The zero-order valence-corrected chi connectivity index (χ0v) is 12.4. The van der Waals surface area contributed by atoms with Crippen molar-refractivity contribution >= 4 is 11.6 Å². The molecule has 4 heteroatoms. The van der Waals surface area contributed by atoms with Gasteiger partial charge in [-0.25, -0.2) is 4.39 Å². The van der Waals surface area contributed by atoms with Crippen molar-refractivity contribution in [3.8, 4) is 0 Å². The second-order valence-corrected chi connectivity index (χ2v) is 4.80. The molecule has 1 aromatic carbocycles. The molecular weight excluding hydrogens is 275 g/mol. The molecule has 0 amide bonds. The summed E-state index contributed by atoms with van der Waals surface area (Å²) in [7, 11) is 1.90. The van der Waals surface area contributed by atoms with Gasteiger partial charge in [0.25, 0.3) is 0 Å². The van der Waals surface area contributed by atoms with Gasteiger partial charge in [-0.3, -0.25) is 0 Å². The quantitative estimate of drug-likeness (QED) is 0.714. The van der Waals surface area contributed by atoms with E-state index in [0.29, 0.717) is 19.4 Å². The third-order valence-electron chi connectivity index (χ3n) is 2.70. The number of hydrogen-bond donors (Lipinski definition) is 2. The van der Waals surface area contributed by atoms with Gasteiger partial charge in [0.15, 0.2) is 0 Å². The first-order chi connectivity index (χ1) is 9.69. The molecule has 0 bridgehead atoms. The SMILES string of the molecule is C=C/C(=C\C=C\F)CNCc1cc(Cl)cc(CNC)c1. The normalized spacial score (nSPS) is 12.1. The lowest BCUT2D eigenvalue weighted by Crippen LogP contribution is -2.16. The van der Waals surface area contributed by atoms with E-state index in [2.05, 4.69) is 23.3 Å². The highest BCUT2D eigenvalue weighted by Gasteiger charge is 2.00. The molecule has 1 aromatic rings. The van der Waals surface area contributed by atoms with Crippen molar-refractivity contribution in [2.75, 3.05) is 13.6 Å². The minimum Gasteiger partial charge on any atom is -0.316 e. The van der Waals surface area contributed by atoms with Crippen LogP contribution in [0.5, 0.6) is 0 Å². The van der Waals surface area contributed by atoms with E-state index in [1.165, 1.54) is 6.08 Å². The van der Waals surface area contributed by atoms with Gasteiger partial charge in [0.05, 0.1) is 6.33 Å². The Morgan fingerprint density at radius 1 is 1.30 bits per heavy atom. The van der Waals surface area contributed by atoms with Gasteiger partial charge >= 0.3 is 0 Å². The Balaban J connectivity index is 2.59. The maximum atomic E-state index is 11.9. The standard InChI is InChI=1S/C16H20ClFN2/c1-3-13(5-4-6-18)11-20-12-15-7-14(10-19-2)8-16(17)9-15/h3-9,19-20H,1,10-12H2,2H3/b6-4+,13-5+. The molecule has 0 aliphatic heterocycles. The van der Waals surface area contributed by atoms with Gasteiger partial charge in [-0.1, -0.05) is 36.4 Å². The van der Waals surface area contributed by atoms with E-state index in [4.69, 9.17) is 11.6 Å². The van der Waals surface area contributed by atoms with E-state index in [0.717, 1.165) is 28.3 Å². The number of hydrogen-bond acceptors (Lipinski definition) is 2. The molecule has 0 aliphatic rings. The predicted octanol–water partition coefficient (Wildman–Crippen LogP) is 3.74. The summed E-state index contributed by atoms with van der Waals surface area (Å²) in [6, 6.07) is 5.99. The van der Waals surface area contributed by atoms with Crippen molar-refractivity contribution in [1.82, 2.24) is 10.6 Å². The van der Waals surface area contributed by atoms with Crippen LogP contribution in [0.1, 0.15) is 11.1 Å². The Morgan fingerprint density at radius 3 is 2.60 bits per heavy atom.